The minimum Gasteiger partial charge on any atom is -0.481 e. The Labute approximate surface area is 123 Å². The van der Waals surface area contributed by atoms with E-state index in [0.29, 0.717) is 10.9 Å². The van der Waals surface area contributed by atoms with Crippen LogP contribution in [0.2, 0.25) is 0 Å². The minimum atomic E-state index is -4.41. The number of carboxylic acid groups (broad SMARTS) is 1. The van der Waals surface area contributed by atoms with E-state index >= 15 is 0 Å². The first-order chi connectivity index (χ1) is 9.77. The zero-order valence-corrected chi connectivity index (χ0v) is 11.9. The van der Waals surface area contributed by atoms with E-state index in [2.05, 4.69) is 4.99 Å². The summed E-state index contributed by atoms with van der Waals surface area (Å²) in [5.41, 5.74) is -0.549. The first-order valence-corrected chi connectivity index (χ1v) is 7.09. The third-order valence-corrected chi connectivity index (χ3v) is 4.25. The average molecular weight is 318 g/mol. The number of alkyl halides is 3. The molecule has 0 saturated carbocycles. The van der Waals surface area contributed by atoms with Gasteiger partial charge in [-0.05, 0) is 18.2 Å². The zero-order chi connectivity index (χ0) is 15.6. The van der Waals surface area contributed by atoms with E-state index in [4.69, 9.17) is 5.11 Å². The van der Waals surface area contributed by atoms with Gasteiger partial charge in [-0.25, -0.2) is 4.99 Å². The van der Waals surface area contributed by atoms with Gasteiger partial charge in [0.15, 0.2) is 5.17 Å². The molecule has 1 aliphatic heterocycles. The van der Waals surface area contributed by atoms with Gasteiger partial charge in [-0.15, -0.1) is 0 Å². The number of amidine groups is 1. The van der Waals surface area contributed by atoms with Crippen LogP contribution in [0.4, 0.5) is 18.9 Å². The molecule has 1 unspecified atom stereocenters. The van der Waals surface area contributed by atoms with E-state index in [-0.39, 0.29) is 18.2 Å². The van der Waals surface area contributed by atoms with Gasteiger partial charge in [0.2, 0.25) is 0 Å². The molecular formula is C13H13F3N2O2S. The second kappa shape index (κ2) is 5.97. The largest absolute Gasteiger partial charge is 0.481 e. The van der Waals surface area contributed by atoms with Gasteiger partial charge in [-0.1, -0.05) is 17.8 Å². The van der Waals surface area contributed by atoms with Gasteiger partial charge in [0, 0.05) is 12.8 Å². The average Bonchev–Trinajstić information content (AvgIpc) is 2.70. The number of rotatable bonds is 3. The molecule has 0 amide bonds. The van der Waals surface area contributed by atoms with Gasteiger partial charge in [0.1, 0.15) is 0 Å². The third kappa shape index (κ3) is 3.90. The van der Waals surface area contributed by atoms with Crippen LogP contribution in [-0.2, 0) is 11.0 Å². The molecule has 0 aromatic heterocycles. The molecule has 21 heavy (non-hydrogen) atoms. The van der Waals surface area contributed by atoms with E-state index in [1.807, 2.05) is 0 Å². The summed E-state index contributed by atoms with van der Waals surface area (Å²) < 4.78 is 37.9. The summed E-state index contributed by atoms with van der Waals surface area (Å²) in [6, 6.07) is 4.56. The summed E-state index contributed by atoms with van der Waals surface area (Å²) in [5.74, 6) is -0.353. The predicted molar refractivity (Wildman–Crippen MR) is 74.8 cm³/mol. The molecule has 0 spiro atoms. The van der Waals surface area contributed by atoms with E-state index in [1.54, 1.807) is 11.9 Å². The molecular weight excluding hydrogens is 305 g/mol. The quantitative estimate of drug-likeness (QED) is 0.930. The fourth-order valence-corrected chi connectivity index (χ4v) is 3.12. The molecule has 1 fully saturated rings. The summed E-state index contributed by atoms with van der Waals surface area (Å²) in [6.45, 7) is 0. The molecule has 0 bridgehead atoms. The third-order valence-electron chi connectivity index (χ3n) is 3.06. The van der Waals surface area contributed by atoms with Gasteiger partial charge in [-0.3, -0.25) is 4.79 Å². The molecule has 114 valence electrons. The molecule has 1 saturated heterocycles. The molecule has 1 aliphatic rings. The van der Waals surface area contributed by atoms with E-state index < -0.39 is 17.7 Å². The molecule has 1 N–H and O–H groups in total. The standard InChI is InChI=1S/C13H13F3N2O2S/c1-18-10(6-11(19)20)7-21-12(18)17-9-4-2-3-8(5-9)13(14,15)16/h2-5,10H,6-7H2,1H3,(H,19,20). The first-order valence-electron chi connectivity index (χ1n) is 6.11. The summed E-state index contributed by atoms with van der Waals surface area (Å²) in [5, 5.41) is 9.32. The Morgan fingerprint density at radius 2 is 2.24 bits per heavy atom. The smallest absolute Gasteiger partial charge is 0.416 e. The van der Waals surface area contributed by atoms with Crippen LogP contribution in [0.25, 0.3) is 0 Å². The second-order valence-corrected chi connectivity index (χ2v) is 5.60. The maximum atomic E-state index is 12.6. The number of aliphatic carboxylic acids is 1. The van der Waals surface area contributed by atoms with Crippen LogP contribution in [0, 0.1) is 0 Å². The zero-order valence-electron chi connectivity index (χ0n) is 11.1. The number of carbonyl (C=O) groups is 1. The van der Waals surface area contributed by atoms with Crippen LogP contribution in [0.3, 0.4) is 0 Å². The molecule has 2 rings (SSSR count). The van der Waals surface area contributed by atoms with Crippen LogP contribution in [-0.4, -0.2) is 40.0 Å². The second-order valence-electron chi connectivity index (χ2n) is 4.62. The Bertz CT molecular complexity index is 575. The highest BCUT2D eigenvalue weighted by Gasteiger charge is 2.31. The van der Waals surface area contributed by atoms with Gasteiger partial charge < -0.3 is 10.0 Å². The lowest BCUT2D eigenvalue weighted by Crippen LogP contribution is -2.31. The SMILES string of the molecule is CN1C(=Nc2cccc(C(F)(F)F)c2)SCC1CC(=O)O. The lowest BCUT2D eigenvalue weighted by atomic mass is 10.2. The number of thioether (sulfide) groups is 1. The monoisotopic (exact) mass is 318 g/mol. The van der Waals surface area contributed by atoms with Gasteiger partial charge in [0.25, 0.3) is 0 Å². The number of aliphatic imine (C=N–C) groups is 1. The number of halogens is 3. The van der Waals surface area contributed by atoms with Crippen molar-refractivity contribution < 1.29 is 23.1 Å². The van der Waals surface area contributed by atoms with Crippen molar-refractivity contribution in [1.82, 2.24) is 4.90 Å². The topological polar surface area (TPSA) is 52.9 Å². The predicted octanol–water partition coefficient (Wildman–Crippen LogP) is 3.21. The van der Waals surface area contributed by atoms with Crippen molar-refractivity contribution in [3.8, 4) is 0 Å². The van der Waals surface area contributed by atoms with E-state index in [9.17, 15) is 18.0 Å². The molecule has 1 atom stereocenters. The van der Waals surface area contributed by atoms with Crippen LogP contribution in [0.5, 0.6) is 0 Å². The molecule has 1 aromatic rings. The Morgan fingerprint density at radius 1 is 1.52 bits per heavy atom. The summed E-state index contributed by atoms with van der Waals surface area (Å²) in [7, 11) is 1.69. The normalized spacial score (nSPS) is 21.0. The van der Waals surface area contributed by atoms with Crippen molar-refractivity contribution in [3.05, 3.63) is 29.8 Å². The molecule has 1 aromatic carbocycles. The molecule has 8 heteroatoms. The number of hydrogen-bond acceptors (Lipinski definition) is 3. The number of benzene rings is 1. The maximum absolute atomic E-state index is 12.6. The van der Waals surface area contributed by atoms with Crippen LogP contribution in [0.15, 0.2) is 29.3 Å². The highest BCUT2D eigenvalue weighted by atomic mass is 32.2. The molecule has 0 radical (unpaired) electrons. The van der Waals surface area contributed by atoms with E-state index in [0.717, 1.165) is 12.1 Å². The Morgan fingerprint density at radius 3 is 2.86 bits per heavy atom. The molecule has 0 aliphatic carbocycles. The van der Waals surface area contributed by atoms with Crippen molar-refractivity contribution >= 4 is 28.6 Å². The number of hydrogen-bond donors (Lipinski definition) is 1. The van der Waals surface area contributed by atoms with Crippen molar-refractivity contribution in [2.75, 3.05) is 12.8 Å². The van der Waals surface area contributed by atoms with Crippen molar-refractivity contribution in [1.29, 1.82) is 0 Å². The van der Waals surface area contributed by atoms with Crippen LogP contribution >= 0.6 is 11.8 Å². The fraction of sp³-hybridized carbons (Fsp3) is 0.385. The lowest BCUT2D eigenvalue weighted by Gasteiger charge is -2.19. The Kier molecular flexibility index (Phi) is 4.46. The molecule has 4 nitrogen and oxygen atoms in total. The Balaban J connectivity index is 2.19. The molecule has 1 heterocycles. The van der Waals surface area contributed by atoms with Gasteiger partial charge >= 0.3 is 12.1 Å². The highest BCUT2D eigenvalue weighted by molar-refractivity contribution is 8.14. The van der Waals surface area contributed by atoms with Crippen molar-refractivity contribution in [2.24, 2.45) is 4.99 Å². The van der Waals surface area contributed by atoms with Crippen molar-refractivity contribution in [3.63, 3.8) is 0 Å². The lowest BCUT2D eigenvalue weighted by molar-refractivity contribution is -0.138. The Hall–Kier alpha value is -1.70. The summed E-state index contributed by atoms with van der Waals surface area (Å²) in [4.78, 5) is 16.6. The van der Waals surface area contributed by atoms with Crippen molar-refractivity contribution in [2.45, 2.75) is 18.6 Å². The fourth-order valence-electron chi connectivity index (χ4n) is 1.91. The number of carboxylic acids is 1. The highest BCUT2D eigenvalue weighted by Crippen LogP contribution is 2.33. The van der Waals surface area contributed by atoms with E-state index in [1.165, 1.54) is 23.9 Å². The first kappa shape index (κ1) is 15.7. The number of nitrogens with zero attached hydrogens (tertiary/aromatic N) is 2. The van der Waals surface area contributed by atoms with Crippen LogP contribution in [0.1, 0.15) is 12.0 Å². The van der Waals surface area contributed by atoms with Gasteiger partial charge in [0.05, 0.1) is 23.7 Å². The van der Waals surface area contributed by atoms with Crippen LogP contribution < -0.4 is 0 Å². The summed E-state index contributed by atoms with van der Waals surface area (Å²) in [6.07, 6.45) is -4.43. The summed E-state index contributed by atoms with van der Waals surface area (Å²) >= 11 is 1.34. The van der Waals surface area contributed by atoms with Gasteiger partial charge in [-0.2, -0.15) is 13.2 Å². The minimum absolute atomic E-state index is 0.0227. The maximum Gasteiger partial charge on any atom is 0.416 e.